The molecule has 2 N–H and O–H groups in total. The summed E-state index contributed by atoms with van der Waals surface area (Å²) in [6.07, 6.45) is 0.131. The van der Waals surface area contributed by atoms with Crippen molar-refractivity contribution in [2.45, 2.75) is 12.3 Å². The number of carbonyl (C=O) groups excluding carboxylic acids is 2. The second-order valence-corrected chi connectivity index (χ2v) is 5.90. The first-order valence-electron chi connectivity index (χ1n) is 8.06. The number of nitrogens with zero attached hydrogens (tertiary/aromatic N) is 1. The number of hydrogen-bond acceptors (Lipinski definition) is 7. The summed E-state index contributed by atoms with van der Waals surface area (Å²) in [6, 6.07) is 3.52. The summed E-state index contributed by atoms with van der Waals surface area (Å²) >= 11 is 0. The van der Waals surface area contributed by atoms with Crippen LogP contribution in [0, 0.1) is 0 Å². The standard InChI is InChI=1S/C17H17N3O6/c1-23-10-7-12-11(25-3-4-26-12)5-8(10)9-6-13(21)18-16-14(9)15(19-20-16)17(22)24-2/h5,7,9H,3-4,6H2,1-2H3,(H2,18,19,20,21). The molecule has 1 amide bonds. The van der Waals surface area contributed by atoms with E-state index < -0.39 is 11.9 Å². The largest absolute Gasteiger partial charge is 0.496 e. The van der Waals surface area contributed by atoms with Crippen molar-refractivity contribution in [3.8, 4) is 17.2 Å². The minimum Gasteiger partial charge on any atom is -0.496 e. The molecule has 2 aliphatic heterocycles. The van der Waals surface area contributed by atoms with Gasteiger partial charge in [0.15, 0.2) is 17.3 Å². The van der Waals surface area contributed by atoms with Crippen LogP contribution in [0.5, 0.6) is 17.2 Å². The van der Waals surface area contributed by atoms with E-state index in [4.69, 9.17) is 18.9 Å². The summed E-state index contributed by atoms with van der Waals surface area (Å²) in [6.45, 7) is 0.897. The van der Waals surface area contributed by atoms with Crippen LogP contribution in [0.3, 0.4) is 0 Å². The van der Waals surface area contributed by atoms with Crippen LogP contribution in [0.4, 0.5) is 5.82 Å². The first-order chi connectivity index (χ1) is 12.6. The SMILES string of the molecule is COC(=O)c1[nH]nc2c1C(c1cc3c(cc1OC)OCCO3)CC(=O)N2. The van der Waals surface area contributed by atoms with Crippen LogP contribution >= 0.6 is 0 Å². The zero-order valence-electron chi connectivity index (χ0n) is 14.3. The van der Waals surface area contributed by atoms with E-state index in [9.17, 15) is 9.59 Å². The Morgan fingerprint density at radius 1 is 1.23 bits per heavy atom. The van der Waals surface area contributed by atoms with Gasteiger partial charge in [0, 0.05) is 29.5 Å². The first-order valence-corrected chi connectivity index (χ1v) is 8.06. The van der Waals surface area contributed by atoms with E-state index in [1.54, 1.807) is 12.1 Å². The fourth-order valence-corrected chi connectivity index (χ4v) is 3.31. The second kappa shape index (κ2) is 6.25. The number of aromatic amines is 1. The Balaban J connectivity index is 1.87. The lowest BCUT2D eigenvalue weighted by Crippen LogP contribution is -2.25. The number of rotatable bonds is 3. The molecule has 1 aromatic carbocycles. The number of carbonyl (C=O) groups is 2. The van der Waals surface area contributed by atoms with Crippen LogP contribution in [-0.2, 0) is 9.53 Å². The van der Waals surface area contributed by atoms with E-state index in [1.807, 2.05) is 0 Å². The van der Waals surface area contributed by atoms with Crippen molar-refractivity contribution in [2.75, 3.05) is 32.8 Å². The number of aromatic nitrogens is 2. The molecule has 1 atom stereocenters. The van der Waals surface area contributed by atoms with Crippen LogP contribution < -0.4 is 19.5 Å². The molecule has 0 saturated carbocycles. The number of esters is 1. The molecule has 2 aromatic rings. The van der Waals surface area contributed by atoms with Crippen molar-refractivity contribution in [1.82, 2.24) is 10.2 Å². The molecule has 1 unspecified atom stereocenters. The fourth-order valence-electron chi connectivity index (χ4n) is 3.31. The summed E-state index contributed by atoms with van der Waals surface area (Å²) in [5.74, 6) is 0.789. The number of anilines is 1. The van der Waals surface area contributed by atoms with Gasteiger partial charge < -0.3 is 24.3 Å². The van der Waals surface area contributed by atoms with Gasteiger partial charge in [0.1, 0.15) is 24.7 Å². The number of nitrogens with one attached hydrogen (secondary N) is 2. The van der Waals surface area contributed by atoms with Crippen LogP contribution in [0.2, 0.25) is 0 Å². The molecule has 0 fully saturated rings. The van der Waals surface area contributed by atoms with Crippen molar-refractivity contribution < 1.29 is 28.5 Å². The van der Waals surface area contributed by atoms with Crippen molar-refractivity contribution >= 4 is 17.7 Å². The molecule has 1 aromatic heterocycles. The third-order valence-electron chi connectivity index (χ3n) is 4.46. The molecule has 0 spiro atoms. The van der Waals surface area contributed by atoms with Crippen LogP contribution in [0.15, 0.2) is 12.1 Å². The van der Waals surface area contributed by atoms with Crippen molar-refractivity contribution in [3.63, 3.8) is 0 Å². The zero-order valence-corrected chi connectivity index (χ0v) is 14.3. The Morgan fingerprint density at radius 3 is 2.65 bits per heavy atom. The third-order valence-corrected chi connectivity index (χ3v) is 4.46. The van der Waals surface area contributed by atoms with Gasteiger partial charge in [0.2, 0.25) is 5.91 Å². The van der Waals surface area contributed by atoms with Crippen LogP contribution in [0.1, 0.15) is 34.0 Å². The van der Waals surface area contributed by atoms with Gasteiger partial charge in [0.25, 0.3) is 0 Å². The Kier molecular flexibility index (Phi) is 3.90. The van der Waals surface area contributed by atoms with E-state index >= 15 is 0 Å². The molecule has 9 nitrogen and oxygen atoms in total. The Morgan fingerprint density at radius 2 is 1.96 bits per heavy atom. The minimum atomic E-state index is -0.559. The van der Waals surface area contributed by atoms with E-state index in [0.29, 0.717) is 47.4 Å². The zero-order chi connectivity index (χ0) is 18.3. The molecule has 9 heteroatoms. The number of fused-ring (bicyclic) bond motifs is 2. The van der Waals surface area contributed by atoms with E-state index in [0.717, 1.165) is 0 Å². The highest BCUT2D eigenvalue weighted by Crippen LogP contribution is 2.46. The number of H-pyrrole nitrogens is 1. The van der Waals surface area contributed by atoms with Crippen molar-refractivity contribution in [3.05, 3.63) is 29.0 Å². The van der Waals surface area contributed by atoms with Gasteiger partial charge in [-0.2, -0.15) is 5.10 Å². The quantitative estimate of drug-likeness (QED) is 0.798. The molecule has 136 valence electrons. The molecular weight excluding hydrogens is 342 g/mol. The van der Waals surface area contributed by atoms with Gasteiger partial charge in [0.05, 0.1) is 14.2 Å². The smallest absolute Gasteiger partial charge is 0.356 e. The summed E-state index contributed by atoms with van der Waals surface area (Å²) in [7, 11) is 2.83. The topological polar surface area (TPSA) is 112 Å². The number of methoxy groups -OCH3 is 2. The minimum absolute atomic E-state index is 0.131. The number of ether oxygens (including phenoxy) is 4. The van der Waals surface area contributed by atoms with Gasteiger partial charge in [-0.25, -0.2) is 4.79 Å². The van der Waals surface area contributed by atoms with Crippen molar-refractivity contribution in [2.24, 2.45) is 0 Å². The maximum Gasteiger partial charge on any atom is 0.356 e. The van der Waals surface area contributed by atoms with Gasteiger partial charge in [-0.05, 0) is 6.07 Å². The van der Waals surface area contributed by atoms with Gasteiger partial charge in [-0.1, -0.05) is 0 Å². The molecule has 0 bridgehead atoms. The Labute approximate surface area is 148 Å². The third kappa shape index (κ3) is 2.52. The maximum atomic E-state index is 12.2. The fraction of sp³-hybridized carbons (Fsp3) is 0.353. The molecule has 2 aliphatic rings. The molecule has 26 heavy (non-hydrogen) atoms. The average molecular weight is 359 g/mol. The normalized spacial score (nSPS) is 17.9. The monoisotopic (exact) mass is 359 g/mol. The van der Waals surface area contributed by atoms with Crippen LogP contribution in [0.25, 0.3) is 0 Å². The second-order valence-electron chi connectivity index (χ2n) is 5.90. The molecule has 0 aliphatic carbocycles. The van der Waals surface area contributed by atoms with Gasteiger partial charge in [-0.3, -0.25) is 9.89 Å². The Hall–Kier alpha value is -3.23. The van der Waals surface area contributed by atoms with E-state index in [1.165, 1.54) is 14.2 Å². The number of hydrogen-bond donors (Lipinski definition) is 2. The van der Waals surface area contributed by atoms with Crippen molar-refractivity contribution in [1.29, 1.82) is 0 Å². The number of benzene rings is 1. The summed E-state index contributed by atoms with van der Waals surface area (Å²) in [4.78, 5) is 24.3. The predicted octanol–water partition coefficient (Wildman–Crippen LogP) is 1.45. The average Bonchev–Trinajstić information content (AvgIpc) is 3.09. The lowest BCUT2D eigenvalue weighted by Gasteiger charge is -2.27. The molecular formula is C17H17N3O6. The first kappa shape index (κ1) is 16.2. The molecule has 0 saturated heterocycles. The highest BCUT2D eigenvalue weighted by molar-refractivity contribution is 5.99. The highest BCUT2D eigenvalue weighted by Gasteiger charge is 2.36. The summed E-state index contributed by atoms with van der Waals surface area (Å²) in [5.41, 5.74) is 1.47. The molecule has 4 rings (SSSR count). The Bertz CT molecular complexity index is 891. The van der Waals surface area contributed by atoms with Gasteiger partial charge >= 0.3 is 5.97 Å². The predicted molar refractivity (Wildman–Crippen MR) is 89.0 cm³/mol. The van der Waals surface area contributed by atoms with E-state index in [-0.39, 0.29) is 18.0 Å². The van der Waals surface area contributed by atoms with E-state index in [2.05, 4.69) is 15.5 Å². The maximum absolute atomic E-state index is 12.2. The number of amides is 1. The van der Waals surface area contributed by atoms with Gasteiger partial charge in [-0.15, -0.1) is 0 Å². The highest BCUT2D eigenvalue weighted by atomic mass is 16.6. The summed E-state index contributed by atoms with van der Waals surface area (Å²) < 4.78 is 21.6. The molecule has 0 radical (unpaired) electrons. The van der Waals surface area contributed by atoms with Crippen LogP contribution in [-0.4, -0.2) is 49.5 Å². The summed E-state index contributed by atoms with van der Waals surface area (Å²) in [5, 5.41) is 9.36. The lowest BCUT2D eigenvalue weighted by atomic mass is 9.84. The molecule has 3 heterocycles. The lowest BCUT2D eigenvalue weighted by molar-refractivity contribution is -0.116.